The third kappa shape index (κ3) is 2.90. The van der Waals surface area contributed by atoms with Gasteiger partial charge in [-0.25, -0.2) is 0 Å². The van der Waals surface area contributed by atoms with Crippen molar-refractivity contribution < 1.29 is 5.11 Å². The Kier molecular flexibility index (Phi) is 3.61. The van der Waals surface area contributed by atoms with E-state index in [2.05, 4.69) is 20.5 Å². The molecule has 1 heterocycles. The van der Waals surface area contributed by atoms with Gasteiger partial charge in [0.1, 0.15) is 0 Å². The predicted molar refractivity (Wildman–Crippen MR) is 87.1 cm³/mol. The molecule has 0 saturated heterocycles. The summed E-state index contributed by atoms with van der Waals surface area (Å²) in [6.07, 6.45) is 0. The molecule has 1 aromatic heterocycles. The molecule has 5 nitrogen and oxygen atoms in total. The molecule has 0 atom stereocenters. The summed E-state index contributed by atoms with van der Waals surface area (Å²) in [6, 6.07) is 16.8. The van der Waals surface area contributed by atoms with E-state index in [9.17, 15) is 5.11 Å². The number of H-pyrrole nitrogens is 1. The van der Waals surface area contributed by atoms with Gasteiger partial charge < -0.3 is 15.4 Å². The molecule has 0 aliphatic rings. The molecule has 0 amide bonds. The molecule has 21 heavy (non-hydrogen) atoms. The van der Waals surface area contributed by atoms with Crippen molar-refractivity contribution in [2.24, 2.45) is 10.2 Å². The molecule has 0 spiro atoms. The summed E-state index contributed by atoms with van der Waals surface area (Å²) >= 11 is 5.09. The summed E-state index contributed by atoms with van der Waals surface area (Å²) in [5.41, 5.74) is 1.63. The first-order valence-electron chi connectivity index (χ1n) is 6.31. The molecular weight excluding hydrogens is 284 g/mol. The van der Waals surface area contributed by atoms with Crippen LogP contribution in [0.1, 0.15) is 0 Å². The molecule has 0 radical (unpaired) electrons. The maximum Gasteiger partial charge on any atom is 0.218 e. The lowest BCUT2D eigenvalue weighted by Gasteiger charge is -2.01. The van der Waals surface area contributed by atoms with Crippen molar-refractivity contribution in [2.45, 2.75) is 0 Å². The van der Waals surface area contributed by atoms with Crippen LogP contribution < -0.4 is 5.32 Å². The van der Waals surface area contributed by atoms with E-state index >= 15 is 0 Å². The molecular formula is C15H12N4OS. The van der Waals surface area contributed by atoms with Crippen LogP contribution in [0.15, 0.2) is 64.8 Å². The van der Waals surface area contributed by atoms with Gasteiger partial charge in [0.05, 0.1) is 5.52 Å². The van der Waals surface area contributed by atoms with Crippen LogP contribution in [-0.4, -0.2) is 15.2 Å². The number of rotatable bonds is 2. The van der Waals surface area contributed by atoms with Gasteiger partial charge in [-0.05, 0) is 36.5 Å². The molecule has 0 aliphatic heterocycles. The molecule has 3 aromatic rings. The third-order valence-electron chi connectivity index (χ3n) is 2.93. The molecule has 104 valence electrons. The number of benzene rings is 2. The minimum atomic E-state index is 0.0665. The van der Waals surface area contributed by atoms with Crippen LogP contribution in [0.5, 0.6) is 5.75 Å². The smallest absolute Gasteiger partial charge is 0.218 e. The predicted octanol–water partition coefficient (Wildman–Crippen LogP) is 4.35. The first-order valence-corrected chi connectivity index (χ1v) is 6.72. The van der Waals surface area contributed by atoms with Crippen LogP contribution >= 0.6 is 12.2 Å². The minimum absolute atomic E-state index is 0.0665. The van der Waals surface area contributed by atoms with Crippen LogP contribution in [0.3, 0.4) is 0 Å². The fourth-order valence-electron chi connectivity index (χ4n) is 1.95. The summed E-state index contributed by atoms with van der Waals surface area (Å²) in [5.74, 6) is 0.352. The number of hydrogen-bond donors (Lipinski definition) is 3. The molecule has 6 heteroatoms. The number of anilines is 1. The second-order valence-electron chi connectivity index (χ2n) is 4.36. The zero-order chi connectivity index (χ0) is 14.7. The summed E-state index contributed by atoms with van der Waals surface area (Å²) < 4.78 is 0. The molecule has 0 bridgehead atoms. The molecule has 2 aromatic carbocycles. The SMILES string of the molecule is Oc1c(N=NC(=S)Nc2ccccc2)[nH]c2ccccc12. The summed E-state index contributed by atoms with van der Waals surface area (Å²) in [6.45, 7) is 0. The number of para-hydroxylation sites is 2. The van der Waals surface area contributed by atoms with Crippen LogP contribution in [0.2, 0.25) is 0 Å². The van der Waals surface area contributed by atoms with Crippen LogP contribution in [0.4, 0.5) is 11.5 Å². The van der Waals surface area contributed by atoms with Crippen molar-refractivity contribution in [1.82, 2.24) is 4.98 Å². The van der Waals surface area contributed by atoms with Crippen LogP contribution in [0.25, 0.3) is 10.9 Å². The molecule has 3 N–H and O–H groups in total. The van der Waals surface area contributed by atoms with E-state index in [4.69, 9.17) is 12.2 Å². The van der Waals surface area contributed by atoms with Gasteiger partial charge in [0.15, 0.2) is 11.6 Å². The zero-order valence-electron chi connectivity index (χ0n) is 10.9. The Hall–Kier alpha value is -2.73. The van der Waals surface area contributed by atoms with Gasteiger partial charge in [0, 0.05) is 11.1 Å². The summed E-state index contributed by atoms with van der Waals surface area (Å²) in [7, 11) is 0. The number of fused-ring (bicyclic) bond motifs is 1. The van der Waals surface area contributed by atoms with Gasteiger partial charge in [0.25, 0.3) is 0 Å². The van der Waals surface area contributed by atoms with E-state index in [-0.39, 0.29) is 16.7 Å². The van der Waals surface area contributed by atoms with E-state index in [0.717, 1.165) is 11.2 Å². The Balaban J connectivity index is 1.78. The fraction of sp³-hybridized carbons (Fsp3) is 0. The number of thiocarbonyl (C=S) groups is 1. The molecule has 0 saturated carbocycles. The lowest BCUT2D eigenvalue weighted by atomic mass is 10.2. The van der Waals surface area contributed by atoms with Crippen molar-refractivity contribution in [2.75, 3.05) is 5.32 Å². The second kappa shape index (κ2) is 5.72. The normalized spacial score (nSPS) is 11.0. The summed E-state index contributed by atoms with van der Waals surface area (Å²) in [4.78, 5) is 2.99. The number of nitrogens with zero attached hydrogens (tertiary/aromatic N) is 2. The molecule has 3 rings (SSSR count). The largest absolute Gasteiger partial charge is 0.504 e. The van der Waals surface area contributed by atoms with Crippen molar-refractivity contribution in [1.29, 1.82) is 0 Å². The molecule has 0 fully saturated rings. The topological polar surface area (TPSA) is 72.8 Å². The Morgan fingerprint density at radius 1 is 1.05 bits per heavy atom. The highest BCUT2D eigenvalue weighted by Gasteiger charge is 2.08. The zero-order valence-corrected chi connectivity index (χ0v) is 11.8. The maximum absolute atomic E-state index is 10.0. The van der Waals surface area contributed by atoms with E-state index < -0.39 is 0 Å². The van der Waals surface area contributed by atoms with Gasteiger partial charge in [-0.3, -0.25) is 0 Å². The average molecular weight is 296 g/mol. The Labute approximate surface area is 126 Å². The first-order chi connectivity index (χ1) is 10.2. The number of azo groups is 1. The second-order valence-corrected chi connectivity index (χ2v) is 4.75. The minimum Gasteiger partial charge on any atom is -0.504 e. The first kappa shape index (κ1) is 13.3. The van der Waals surface area contributed by atoms with E-state index in [0.29, 0.717) is 5.39 Å². The highest BCUT2D eigenvalue weighted by Crippen LogP contribution is 2.34. The lowest BCUT2D eigenvalue weighted by Crippen LogP contribution is -2.04. The highest BCUT2D eigenvalue weighted by molar-refractivity contribution is 7.80. The third-order valence-corrected chi connectivity index (χ3v) is 3.11. The quantitative estimate of drug-likeness (QED) is 0.486. The Morgan fingerprint density at radius 3 is 2.52 bits per heavy atom. The number of hydrogen-bond acceptors (Lipinski definition) is 3. The van der Waals surface area contributed by atoms with Gasteiger partial charge in [-0.1, -0.05) is 30.3 Å². The maximum atomic E-state index is 10.0. The number of nitrogens with one attached hydrogen (secondary N) is 2. The Bertz CT molecular complexity index is 811. The number of aromatic nitrogens is 1. The highest BCUT2D eigenvalue weighted by atomic mass is 32.1. The van der Waals surface area contributed by atoms with Crippen molar-refractivity contribution in [3.63, 3.8) is 0 Å². The van der Waals surface area contributed by atoms with E-state index in [1.54, 1.807) is 6.07 Å². The standard InChI is InChI=1S/C15H12N4OS/c20-13-11-8-4-5-9-12(11)17-14(13)18-19-15(21)16-10-6-2-1-3-7-10/h1-9,17,20H,(H,16,21). The van der Waals surface area contributed by atoms with Gasteiger partial charge in [-0.2, -0.15) is 0 Å². The lowest BCUT2D eigenvalue weighted by molar-refractivity contribution is 0.482. The number of aromatic hydroxyl groups is 1. The van der Waals surface area contributed by atoms with Crippen molar-refractivity contribution in [3.8, 4) is 5.75 Å². The molecule has 0 unspecified atom stereocenters. The van der Waals surface area contributed by atoms with E-state index in [1.165, 1.54) is 0 Å². The van der Waals surface area contributed by atoms with Crippen LogP contribution in [-0.2, 0) is 0 Å². The fourth-order valence-corrected chi connectivity index (χ4v) is 2.11. The van der Waals surface area contributed by atoms with Gasteiger partial charge in [0.2, 0.25) is 5.11 Å². The average Bonchev–Trinajstić information content (AvgIpc) is 2.83. The van der Waals surface area contributed by atoms with Gasteiger partial charge >= 0.3 is 0 Å². The van der Waals surface area contributed by atoms with Crippen LogP contribution in [0, 0.1) is 0 Å². The van der Waals surface area contributed by atoms with Crippen molar-refractivity contribution >= 4 is 39.7 Å². The monoisotopic (exact) mass is 296 g/mol. The molecule has 0 aliphatic carbocycles. The Morgan fingerprint density at radius 2 is 1.76 bits per heavy atom. The van der Waals surface area contributed by atoms with Gasteiger partial charge in [-0.15, -0.1) is 10.2 Å². The van der Waals surface area contributed by atoms with Crippen molar-refractivity contribution in [3.05, 3.63) is 54.6 Å². The van der Waals surface area contributed by atoms with E-state index in [1.807, 2.05) is 48.5 Å². The summed E-state index contributed by atoms with van der Waals surface area (Å²) in [5, 5.41) is 21.8. The number of aromatic amines is 1.